The number of amides is 1. The minimum Gasteiger partial charge on any atom is -0.413 e. The summed E-state index contributed by atoms with van der Waals surface area (Å²) in [4.78, 5) is 24.9. The summed E-state index contributed by atoms with van der Waals surface area (Å²) < 4.78 is 4.77. The molecule has 0 aliphatic carbocycles. The van der Waals surface area contributed by atoms with Crippen LogP contribution < -0.4 is 11.1 Å². The minimum atomic E-state index is -0.816. The normalized spacial score (nSPS) is 12.1. The molecule has 6 nitrogen and oxygen atoms in total. The second kappa shape index (κ2) is 6.21. The number of H-pyrrole nitrogens is 1. The molecule has 1 heterocycles. The second-order valence-corrected chi connectivity index (χ2v) is 4.58. The van der Waals surface area contributed by atoms with Crippen LogP contribution in [0.2, 0.25) is 0 Å². The molecule has 1 aromatic heterocycles. The third kappa shape index (κ3) is 3.83. The Kier molecular flexibility index (Phi) is 4.37. The molecular formula is C14H16N2O4. The summed E-state index contributed by atoms with van der Waals surface area (Å²) in [5.41, 5.74) is 1.61. The van der Waals surface area contributed by atoms with Gasteiger partial charge in [0, 0.05) is 24.7 Å². The van der Waals surface area contributed by atoms with Crippen molar-refractivity contribution in [2.24, 2.45) is 0 Å². The number of aromatic amines is 1. The van der Waals surface area contributed by atoms with Crippen molar-refractivity contribution in [3.05, 3.63) is 57.9 Å². The highest BCUT2D eigenvalue weighted by atomic mass is 16.4. The number of rotatable bonds is 5. The number of aliphatic hydroxyl groups excluding tert-OH is 1. The summed E-state index contributed by atoms with van der Waals surface area (Å²) in [7, 11) is 0. The Morgan fingerprint density at radius 2 is 2.10 bits per heavy atom. The van der Waals surface area contributed by atoms with Gasteiger partial charge in [-0.25, -0.2) is 4.79 Å². The summed E-state index contributed by atoms with van der Waals surface area (Å²) in [6, 6.07) is 7.14. The van der Waals surface area contributed by atoms with Gasteiger partial charge in [0.05, 0.1) is 6.10 Å². The SMILES string of the molecule is Cc1ccc(C(=O)NCC(O)Cc2c[nH]c(=O)o2)cc1. The van der Waals surface area contributed by atoms with E-state index in [1.165, 1.54) is 6.20 Å². The van der Waals surface area contributed by atoms with Crippen LogP contribution >= 0.6 is 0 Å². The van der Waals surface area contributed by atoms with Crippen molar-refractivity contribution < 1.29 is 14.3 Å². The van der Waals surface area contributed by atoms with Gasteiger partial charge in [0.25, 0.3) is 5.91 Å². The molecule has 1 atom stereocenters. The first-order chi connectivity index (χ1) is 9.54. The number of aryl methyl sites for hydroxylation is 1. The van der Waals surface area contributed by atoms with Crippen molar-refractivity contribution in [1.29, 1.82) is 0 Å². The molecule has 1 aromatic carbocycles. The van der Waals surface area contributed by atoms with Crippen molar-refractivity contribution in [2.45, 2.75) is 19.4 Å². The van der Waals surface area contributed by atoms with E-state index in [4.69, 9.17) is 4.42 Å². The van der Waals surface area contributed by atoms with Crippen molar-refractivity contribution in [3.8, 4) is 0 Å². The van der Waals surface area contributed by atoms with Crippen LogP contribution in [-0.4, -0.2) is 28.6 Å². The van der Waals surface area contributed by atoms with E-state index in [-0.39, 0.29) is 18.9 Å². The van der Waals surface area contributed by atoms with Crippen LogP contribution in [0.1, 0.15) is 21.7 Å². The third-order valence-corrected chi connectivity index (χ3v) is 2.82. The first-order valence-corrected chi connectivity index (χ1v) is 6.25. The molecule has 0 radical (unpaired) electrons. The first-order valence-electron chi connectivity index (χ1n) is 6.25. The molecule has 1 unspecified atom stereocenters. The lowest BCUT2D eigenvalue weighted by Crippen LogP contribution is -2.33. The van der Waals surface area contributed by atoms with Gasteiger partial charge in [-0.05, 0) is 19.1 Å². The Labute approximate surface area is 115 Å². The minimum absolute atomic E-state index is 0.0849. The maximum Gasteiger partial charge on any atom is 0.416 e. The van der Waals surface area contributed by atoms with Gasteiger partial charge in [-0.1, -0.05) is 17.7 Å². The lowest BCUT2D eigenvalue weighted by atomic mass is 10.1. The highest BCUT2D eigenvalue weighted by Gasteiger charge is 2.11. The van der Waals surface area contributed by atoms with Crippen LogP contribution in [0.3, 0.4) is 0 Å². The fraction of sp³-hybridized carbons (Fsp3) is 0.286. The summed E-state index contributed by atoms with van der Waals surface area (Å²) in [6.45, 7) is 2.03. The lowest BCUT2D eigenvalue weighted by molar-refractivity contribution is 0.0912. The van der Waals surface area contributed by atoms with Gasteiger partial charge in [0.1, 0.15) is 5.76 Å². The van der Waals surface area contributed by atoms with Gasteiger partial charge in [-0.3, -0.25) is 9.78 Å². The quantitative estimate of drug-likeness (QED) is 0.745. The zero-order chi connectivity index (χ0) is 14.5. The molecule has 0 aliphatic heterocycles. The third-order valence-electron chi connectivity index (χ3n) is 2.82. The Balaban J connectivity index is 1.83. The number of hydrogen-bond acceptors (Lipinski definition) is 4. The van der Waals surface area contributed by atoms with Gasteiger partial charge < -0.3 is 14.8 Å². The Bertz CT molecular complexity index is 627. The average molecular weight is 276 g/mol. The number of aromatic nitrogens is 1. The highest BCUT2D eigenvalue weighted by molar-refractivity contribution is 5.94. The van der Waals surface area contributed by atoms with E-state index < -0.39 is 11.9 Å². The standard InChI is InChI=1S/C14H16N2O4/c1-9-2-4-10(5-3-9)13(18)15-7-11(17)6-12-8-16-14(19)20-12/h2-5,8,11,17H,6-7H2,1H3,(H,15,18)(H,16,19). The maximum absolute atomic E-state index is 11.8. The molecule has 0 aliphatic rings. The van der Waals surface area contributed by atoms with Gasteiger partial charge in [-0.2, -0.15) is 0 Å². The fourth-order valence-corrected chi connectivity index (χ4v) is 1.74. The summed E-state index contributed by atoms with van der Waals surface area (Å²) in [5, 5.41) is 12.4. The number of hydrogen-bond donors (Lipinski definition) is 3. The van der Waals surface area contributed by atoms with Crippen LogP contribution in [0, 0.1) is 6.92 Å². The van der Waals surface area contributed by atoms with Gasteiger partial charge in [0.15, 0.2) is 0 Å². The zero-order valence-electron chi connectivity index (χ0n) is 11.1. The molecule has 1 amide bonds. The summed E-state index contributed by atoms with van der Waals surface area (Å²) in [5.74, 6) is -0.456. The smallest absolute Gasteiger partial charge is 0.413 e. The van der Waals surface area contributed by atoms with Crippen LogP contribution in [0.25, 0.3) is 0 Å². The first kappa shape index (κ1) is 14.1. The molecule has 0 spiro atoms. The molecule has 2 aromatic rings. The van der Waals surface area contributed by atoms with Crippen LogP contribution in [0.15, 0.2) is 39.7 Å². The summed E-state index contributed by atoms with van der Waals surface area (Å²) in [6.07, 6.45) is 0.739. The molecule has 0 bridgehead atoms. The summed E-state index contributed by atoms with van der Waals surface area (Å²) >= 11 is 0. The molecule has 20 heavy (non-hydrogen) atoms. The van der Waals surface area contributed by atoms with E-state index in [2.05, 4.69) is 10.3 Å². The van der Waals surface area contributed by atoms with Crippen LogP contribution in [0.4, 0.5) is 0 Å². The number of nitrogens with one attached hydrogen (secondary N) is 2. The van der Waals surface area contributed by atoms with E-state index >= 15 is 0 Å². The fourth-order valence-electron chi connectivity index (χ4n) is 1.74. The molecule has 0 fully saturated rings. The monoisotopic (exact) mass is 276 g/mol. The number of carbonyl (C=O) groups excluding carboxylic acids is 1. The molecule has 2 rings (SSSR count). The lowest BCUT2D eigenvalue weighted by Gasteiger charge is -2.10. The van der Waals surface area contributed by atoms with Gasteiger partial charge in [0.2, 0.25) is 0 Å². The van der Waals surface area contributed by atoms with E-state index in [1.807, 2.05) is 19.1 Å². The molecule has 3 N–H and O–H groups in total. The van der Waals surface area contributed by atoms with E-state index in [0.29, 0.717) is 11.3 Å². The molecule has 0 saturated carbocycles. The second-order valence-electron chi connectivity index (χ2n) is 4.58. The highest BCUT2D eigenvalue weighted by Crippen LogP contribution is 2.03. The molecular weight excluding hydrogens is 260 g/mol. The van der Waals surface area contributed by atoms with E-state index in [9.17, 15) is 14.7 Å². The van der Waals surface area contributed by atoms with E-state index in [0.717, 1.165) is 5.56 Å². The van der Waals surface area contributed by atoms with Gasteiger partial charge in [-0.15, -0.1) is 0 Å². The number of aliphatic hydroxyl groups is 1. The average Bonchev–Trinajstić information content (AvgIpc) is 2.82. The van der Waals surface area contributed by atoms with E-state index in [1.54, 1.807) is 12.1 Å². The molecule has 0 saturated heterocycles. The number of oxazole rings is 1. The Hall–Kier alpha value is -2.34. The van der Waals surface area contributed by atoms with Crippen molar-refractivity contribution in [2.75, 3.05) is 6.54 Å². The Morgan fingerprint density at radius 1 is 1.40 bits per heavy atom. The Morgan fingerprint density at radius 3 is 2.70 bits per heavy atom. The topological polar surface area (TPSA) is 95.3 Å². The van der Waals surface area contributed by atoms with Crippen LogP contribution in [-0.2, 0) is 6.42 Å². The van der Waals surface area contributed by atoms with Crippen molar-refractivity contribution in [1.82, 2.24) is 10.3 Å². The number of carbonyl (C=O) groups is 1. The molecule has 106 valence electrons. The van der Waals surface area contributed by atoms with Crippen LogP contribution in [0.5, 0.6) is 0 Å². The maximum atomic E-state index is 11.8. The number of benzene rings is 1. The van der Waals surface area contributed by atoms with Crippen molar-refractivity contribution >= 4 is 5.91 Å². The predicted molar refractivity (Wildman–Crippen MR) is 72.6 cm³/mol. The van der Waals surface area contributed by atoms with Gasteiger partial charge >= 0.3 is 5.76 Å². The largest absolute Gasteiger partial charge is 0.416 e. The zero-order valence-corrected chi connectivity index (χ0v) is 11.1. The van der Waals surface area contributed by atoms with Crippen molar-refractivity contribution in [3.63, 3.8) is 0 Å². The predicted octanol–water partition coefficient (Wildman–Crippen LogP) is 0.610. The molecule has 6 heteroatoms.